The summed E-state index contributed by atoms with van der Waals surface area (Å²) >= 11 is 1.66. The molecule has 0 atom stereocenters. The minimum absolute atomic E-state index is 0.0868. The van der Waals surface area contributed by atoms with Crippen LogP contribution in [0.2, 0.25) is 0 Å². The molecule has 2 heterocycles. The van der Waals surface area contributed by atoms with Crippen LogP contribution in [0.25, 0.3) is 10.2 Å². The van der Waals surface area contributed by atoms with Gasteiger partial charge >= 0.3 is 0 Å². The predicted octanol–water partition coefficient (Wildman–Crippen LogP) is 4.31. The van der Waals surface area contributed by atoms with Crippen LogP contribution in [0.5, 0.6) is 0 Å². The van der Waals surface area contributed by atoms with Crippen molar-refractivity contribution in [1.82, 2.24) is 9.66 Å². The van der Waals surface area contributed by atoms with E-state index in [9.17, 15) is 9.18 Å². The summed E-state index contributed by atoms with van der Waals surface area (Å²) in [5.41, 5.74) is 1.83. The summed E-state index contributed by atoms with van der Waals surface area (Å²) in [5, 5.41) is 5.14. The highest BCUT2D eigenvalue weighted by atomic mass is 32.1. The molecule has 0 bridgehead atoms. The highest BCUT2D eigenvalue weighted by molar-refractivity contribution is 7.18. The molecule has 0 saturated heterocycles. The summed E-state index contributed by atoms with van der Waals surface area (Å²) in [5.74, 6) is 0.390. The fourth-order valence-electron chi connectivity index (χ4n) is 3.42. The summed E-state index contributed by atoms with van der Waals surface area (Å²) in [6.07, 6.45) is 7.45. The number of aromatic nitrogens is 2. The normalized spacial score (nSPS) is 14.2. The van der Waals surface area contributed by atoms with Gasteiger partial charge in [-0.15, -0.1) is 11.3 Å². The number of hydrogen-bond donors (Lipinski definition) is 0. The van der Waals surface area contributed by atoms with Gasteiger partial charge in [-0.3, -0.25) is 4.79 Å². The molecule has 0 spiro atoms. The molecule has 0 fully saturated rings. The van der Waals surface area contributed by atoms with Gasteiger partial charge in [0.15, 0.2) is 0 Å². The van der Waals surface area contributed by atoms with E-state index in [-0.39, 0.29) is 11.4 Å². The molecule has 1 aromatic carbocycles. The van der Waals surface area contributed by atoms with E-state index in [1.807, 2.05) is 0 Å². The Balaban J connectivity index is 1.86. The second-order valence-corrected chi connectivity index (χ2v) is 7.67. The van der Waals surface area contributed by atoms with Gasteiger partial charge in [0, 0.05) is 11.3 Å². The smallest absolute Gasteiger partial charge is 0.267 e. The molecule has 26 heavy (non-hydrogen) atoms. The first-order valence-electron chi connectivity index (χ1n) is 9.03. The molecule has 3 aromatic rings. The molecule has 0 N–H and O–H groups in total. The van der Waals surface area contributed by atoms with Gasteiger partial charge in [-0.2, -0.15) is 9.78 Å². The van der Waals surface area contributed by atoms with Crippen molar-refractivity contribution in [3.8, 4) is 0 Å². The molecule has 0 aliphatic heterocycles. The van der Waals surface area contributed by atoms with Gasteiger partial charge in [-0.05, 0) is 55.4 Å². The zero-order valence-electron chi connectivity index (χ0n) is 14.7. The van der Waals surface area contributed by atoms with Gasteiger partial charge in [0.2, 0.25) is 0 Å². The van der Waals surface area contributed by atoms with Crippen molar-refractivity contribution in [3.63, 3.8) is 0 Å². The number of benzene rings is 1. The third-order valence-corrected chi connectivity index (χ3v) is 5.89. The average Bonchev–Trinajstić information content (AvgIpc) is 3.01. The standard InChI is InChI=1S/C20H20FN3OS/c1-2-5-17-23-19-18(15-6-3-4-7-16(15)26-19)20(25)24(17)22-12-13-8-10-14(21)11-9-13/h8-12H,2-7H2,1H3/b22-12+. The van der Waals surface area contributed by atoms with Crippen LogP contribution in [-0.4, -0.2) is 15.9 Å². The Hall–Kier alpha value is -2.34. The quantitative estimate of drug-likeness (QED) is 0.643. The third-order valence-electron chi connectivity index (χ3n) is 4.70. The van der Waals surface area contributed by atoms with Crippen LogP contribution >= 0.6 is 11.3 Å². The summed E-state index contributed by atoms with van der Waals surface area (Å²) in [7, 11) is 0. The van der Waals surface area contributed by atoms with Crippen LogP contribution < -0.4 is 5.56 Å². The van der Waals surface area contributed by atoms with Gasteiger partial charge in [0.25, 0.3) is 5.56 Å². The Bertz CT molecular complexity index is 1030. The van der Waals surface area contributed by atoms with Crippen LogP contribution in [0, 0.1) is 5.82 Å². The van der Waals surface area contributed by atoms with E-state index in [4.69, 9.17) is 4.98 Å². The second-order valence-electron chi connectivity index (χ2n) is 6.58. The lowest BCUT2D eigenvalue weighted by Gasteiger charge is -2.10. The van der Waals surface area contributed by atoms with E-state index in [2.05, 4.69) is 12.0 Å². The summed E-state index contributed by atoms with van der Waals surface area (Å²) in [6.45, 7) is 2.06. The first-order valence-corrected chi connectivity index (χ1v) is 9.85. The summed E-state index contributed by atoms with van der Waals surface area (Å²) in [6, 6.07) is 6.05. The molecule has 0 radical (unpaired) electrons. The molecule has 1 aliphatic carbocycles. The van der Waals surface area contributed by atoms with Crippen molar-refractivity contribution in [3.05, 3.63) is 62.3 Å². The Kier molecular flexibility index (Phi) is 4.68. The lowest BCUT2D eigenvalue weighted by molar-refractivity contribution is 0.628. The molecular formula is C20H20FN3OS. The molecule has 134 valence electrons. The van der Waals surface area contributed by atoms with Crippen LogP contribution in [0.3, 0.4) is 0 Å². The molecule has 4 nitrogen and oxygen atoms in total. The monoisotopic (exact) mass is 369 g/mol. The number of fused-ring (bicyclic) bond motifs is 3. The zero-order valence-corrected chi connectivity index (χ0v) is 15.5. The van der Waals surface area contributed by atoms with Crippen molar-refractivity contribution in [2.45, 2.75) is 45.4 Å². The van der Waals surface area contributed by atoms with Gasteiger partial charge in [0.05, 0.1) is 11.6 Å². The van der Waals surface area contributed by atoms with Gasteiger partial charge in [-0.25, -0.2) is 9.37 Å². The Morgan fingerprint density at radius 3 is 2.81 bits per heavy atom. The van der Waals surface area contributed by atoms with Crippen LogP contribution in [0.4, 0.5) is 4.39 Å². The highest BCUT2D eigenvalue weighted by Gasteiger charge is 2.21. The number of rotatable bonds is 4. The van der Waals surface area contributed by atoms with Gasteiger partial charge in [-0.1, -0.05) is 19.1 Å². The fourth-order valence-corrected chi connectivity index (χ4v) is 4.69. The third kappa shape index (κ3) is 3.09. The fraction of sp³-hybridized carbons (Fsp3) is 0.350. The number of aryl methyl sites for hydroxylation is 3. The Labute approximate surface area is 155 Å². The first-order chi connectivity index (χ1) is 12.7. The summed E-state index contributed by atoms with van der Waals surface area (Å²) in [4.78, 5) is 20.1. The highest BCUT2D eigenvalue weighted by Crippen LogP contribution is 2.33. The van der Waals surface area contributed by atoms with Gasteiger partial charge < -0.3 is 0 Å². The topological polar surface area (TPSA) is 47.2 Å². The minimum atomic E-state index is -0.293. The molecule has 4 rings (SSSR count). The molecule has 0 unspecified atom stereocenters. The van der Waals surface area contributed by atoms with E-state index < -0.39 is 0 Å². The van der Waals surface area contributed by atoms with E-state index in [1.54, 1.807) is 29.7 Å². The second kappa shape index (κ2) is 7.11. The average molecular weight is 369 g/mol. The maximum Gasteiger partial charge on any atom is 0.283 e. The molecule has 0 saturated carbocycles. The minimum Gasteiger partial charge on any atom is -0.267 e. The number of thiophene rings is 1. The molecule has 1 aliphatic rings. The first kappa shape index (κ1) is 17.1. The van der Waals surface area contributed by atoms with Gasteiger partial charge in [0.1, 0.15) is 16.5 Å². The number of hydrogen-bond acceptors (Lipinski definition) is 4. The van der Waals surface area contributed by atoms with Crippen molar-refractivity contribution in [2.24, 2.45) is 5.10 Å². The SMILES string of the molecule is CCCc1nc2sc3c(c2c(=O)n1/N=C/c1ccc(F)cc1)CCCC3. The maximum absolute atomic E-state index is 13.2. The molecular weight excluding hydrogens is 349 g/mol. The van der Waals surface area contributed by atoms with Crippen LogP contribution in [0.1, 0.15) is 48.0 Å². The zero-order chi connectivity index (χ0) is 18.1. The lowest BCUT2D eigenvalue weighted by Crippen LogP contribution is -2.22. The van der Waals surface area contributed by atoms with Crippen molar-refractivity contribution in [2.75, 3.05) is 0 Å². The van der Waals surface area contributed by atoms with Crippen molar-refractivity contribution >= 4 is 27.8 Å². The van der Waals surface area contributed by atoms with E-state index >= 15 is 0 Å². The maximum atomic E-state index is 13.2. The molecule has 6 heteroatoms. The largest absolute Gasteiger partial charge is 0.283 e. The van der Waals surface area contributed by atoms with Crippen molar-refractivity contribution in [1.29, 1.82) is 0 Å². The van der Waals surface area contributed by atoms with Crippen LogP contribution in [-0.2, 0) is 19.3 Å². The molecule has 2 aromatic heterocycles. The van der Waals surface area contributed by atoms with E-state index in [1.165, 1.54) is 33.7 Å². The predicted molar refractivity (Wildman–Crippen MR) is 104 cm³/mol. The Morgan fingerprint density at radius 1 is 1.27 bits per heavy atom. The molecule has 0 amide bonds. The summed E-state index contributed by atoms with van der Waals surface area (Å²) < 4.78 is 14.5. The Morgan fingerprint density at radius 2 is 2.04 bits per heavy atom. The van der Waals surface area contributed by atoms with Crippen molar-refractivity contribution < 1.29 is 4.39 Å². The lowest BCUT2D eigenvalue weighted by atomic mass is 9.97. The number of nitrogens with zero attached hydrogens (tertiary/aromatic N) is 3. The van der Waals surface area contributed by atoms with Crippen LogP contribution in [0.15, 0.2) is 34.2 Å². The number of halogens is 1. The van der Waals surface area contributed by atoms with E-state index in [0.717, 1.165) is 41.5 Å². The van der Waals surface area contributed by atoms with E-state index in [0.29, 0.717) is 12.2 Å².